The van der Waals surface area contributed by atoms with Crippen LogP contribution in [0.4, 0.5) is 17.1 Å². The molecule has 3 fully saturated rings. The van der Waals surface area contributed by atoms with Crippen LogP contribution in [0.3, 0.4) is 0 Å². The smallest absolute Gasteiger partial charge is 0.271 e. The molecule has 1 heterocycles. The van der Waals surface area contributed by atoms with E-state index >= 15 is 0 Å². The predicted molar refractivity (Wildman–Crippen MR) is 121 cm³/mol. The number of amides is 2. The summed E-state index contributed by atoms with van der Waals surface area (Å²) in [7, 11) is -1.06. The molecule has 1 aromatic heterocycles. The van der Waals surface area contributed by atoms with E-state index in [1.807, 2.05) is 12.1 Å². The predicted octanol–water partition coefficient (Wildman–Crippen LogP) is 2.99. The Morgan fingerprint density at radius 2 is 1.78 bits per heavy atom. The molecule has 3 aliphatic carbocycles. The second-order valence-electron chi connectivity index (χ2n) is 8.76. The van der Waals surface area contributed by atoms with Crippen molar-refractivity contribution < 1.29 is 18.9 Å². The van der Waals surface area contributed by atoms with Crippen LogP contribution in [0.15, 0.2) is 24.4 Å². The number of hydrogen-bond donors (Lipinski definition) is 3. The molecule has 10 heteroatoms. The topological polar surface area (TPSA) is 136 Å². The van der Waals surface area contributed by atoms with Gasteiger partial charge in [0, 0.05) is 17.2 Å². The highest BCUT2D eigenvalue weighted by atomic mass is 31.2. The molecule has 0 aliphatic heterocycles. The Labute approximate surface area is 185 Å². The summed E-state index contributed by atoms with van der Waals surface area (Å²) in [6.07, 6.45) is 6.97. The van der Waals surface area contributed by atoms with Gasteiger partial charge in [-0.3, -0.25) is 9.59 Å². The van der Waals surface area contributed by atoms with Crippen molar-refractivity contribution in [2.75, 3.05) is 17.7 Å². The number of carbonyl (C=O) groups excluding carboxylic acids is 2. The van der Waals surface area contributed by atoms with E-state index in [0.717, 1.165) is 43.8 Å². The summed E-state index contributed by atoms with van der Waals surface area (Å²) in [5.74, 6) is -0.460. The molecular weight excluding hydrogens is 429 g/mol. The van der Waals surface area contributed by atoms with Crippen molar-refractivity contribution in [3.8, 4) is 5.75 Å². The van der Waals surface area contributed by atoms with E-state index < -0.39 is 13.0 Å². The number of ether oxygens (including phenoxy) is 1. The van der Waals surface area contributed by atoms with E-state index in [0.29, 0.717) is 17.1 Å². The normalized spacial score (nSPS) is 18.2. The van der Waals surface area contributed by atoms with E-state index in [9.17, 15) is 14.2 Å². The maximum absolute atomic E-state index is 14.1. The quantitative estimate of drug-likeness (QED) is 0.495. The first-order valence-electron chi connectivity index (χ1n) is 10.9. The number of carbonyl (C=O) groups is 2. The summed E-state index contributed by atoms with van der Waals surface area (Å²) in [5.41, 5.74) is 6.96. The Bertz CT molecular complexity index is 1130. The molecular formula is C22H26N5O4P. The first-order chi connectivity index (χ1) is 15.4. The van der Waals surface area contributed by atoms with Gasteiger partial charge in [-0.25, -0.2) is 0 Å². The van der Waals surface area contributed by atoms with Crippen LogP contribution < -0.4 is 26.4 Å². The number of rotatable bonds is 9. The van der Waals surface area contributed by atoms with Gasteiger partial charge >= 0.3 is 0 Å². The molecule has 4 N–H and O–H groups in total. The fourth-order valence-corrected chi connectivity index (χ4v) is 8.28. The zero-order valence-corrected chi connectivity index (χ0v) is 18.7. The van der Waals surface area contributed by atoms with Crippen molar-refractivity contribution in [2.24, 2.45) is 11.7 Å². The molecule has 0 spiro atoms. The van der Waals surface area contributed by atoms with E-state index in [1.54, 1.807) is 13.2 Å². The molecule has 5 rings (SSSR count). The van der Waals surface area contributed by atoms with Gasteiger partial charge in [0.1, 0.15) is 7.14 Å². The van der Waals surface area contributed by atoms with Gasteiger partial charge in [0.2, 0.25) is 5.91 Å². The van der Waals surface area contributed by atoms with Gasteiger partial charge in [-0.1, -0.05) is 6.07 Å². The number of para-hydroxylation sites is 1. The van der Waals surface area contributed by atoms with Crippen molar-refractivity contribution in [3.63, 3.8) is 0 Å². The number of nitrogens with two attached hydrogens (primary N) is 1. The summed E-state index contributed by atoms with van der Waals surface area (Å²) in [4.78, 5) is 24.4. The van der Waals surface area contributed by atoms with Crippen molar-refractivity contribution >= 4 is 41.3 Å². The average molecular weight is 455 g/mol. The fourth-order valence-electron chi connectivity index (χ4n) is 4.22. The summed E-state index contributed by atoms with van der Waals surface area (Å²) < 4.78 is 19.9. The second-order valence-corrected chi connectivity index (χ2v) is 12.1. The number of nitrogens with zero attached hydrogens (tertiary/aromatic N) is 2. The lowest BCUT2D eigenvalue weighted by Gasteiger charge is -2.23. The number of nitrogens with one attached hydrogen (secondary N) is 2. The number of aromatic nitrogens is 2. The molecule has 1 aromatic carbocycles. The Hall–Kier alpha value is -2.93. The van der Waals surface area contributed by atoms with E-state index in [-0.39, 0.29) is 34.5 Å². The number of methoxy groups -OCH3 is 1. The fraction of sp³-hybridized carbons (Fsp3) is 0.455. The van der Waals surface area contributed by atoms with E-state index in [1.165, 1.54) is 6.20 Å². The second kappa shape index (κ2) is 7.89. The lowest BCUT2D eigenvalue weighted by atomic mass is 10.2. The number of primary amides is 1. The van der Waals surface area contributed by atoms with Gasteiger partial charge in [-0.05, 0) is 50.7 Å². The van der Waals surface area contributed by atoms with Gasteiger partial charge in [-0.15, -0.1) is 5.10 Å². The van der Waals surface area contributed by atoms with E-state index in [4.69, 9.17) is 10.5 Å². The van der Waals surface area contributed by atoms with Gasteiger partial charge in [-0.2, -0.15) is 5.10 Å². The first-order valence-corrected chi connectivity index (χ1v) is 12.8. The molecule has 0 radical (unpaired) electrons. The minimum Gasteiger partial charge on any atom is -0.494 e. The van der Waals surface area contributed by atoms with Crippen molar-refractivity contribution in [2.45, 2.75) is 49.8 Å². The third-order valence-corrected chi connectivity index (χ3v) is 10.6. The van der Waals surface area contributed by atoms with Crippen LogP contribution in [0.25, 0.3) is 0 Å². The van der Waals surface area contributed by atoms with Crippen LogP contribution in [-0.4, -0.2) is 40.4 Å². The molecule has 3 saturated carbocycles. The zero-order valence-electron chi connectivity index (χ0n) is 17.8. The first kappa shape index (κ1) is 20.9. The highest BCUT2D eigenvalue weighted by Gasteiger charge is 2.53. The Morgan fingerprint density at radius 1 is 1.09 bits per heavy atom. The Kier molecular flexibility index (Phi) is 5.16. The minimum atomic E-state index is -2.60. The molecule has 9 nitrogen and oxygen atoms in total. The lowest BCUT2D eigenvalue weighted by Crippen LogP contribution is -2.21. The highest BCUT2D eigenvalue weighted by molar-refractivity contribution is 7.73. The maximum Gasteiger partial charge on any atom is 0.271 e. The lowest BCUT2D eigenvalue weighted by molar-refractivity contribution is -0.117. The molecule has 0 atom stereocenters. The molecule has 3 aliphatic rings. The third kappa shape index (κ3) is 3.75. The van der Waals surface area contributed by atoms with Gasteiger partial charge in [0.25, 0.3) is 5.91 Å². The average Bonchev–Trinajstić information content (AvgIpc) is 3.65. The molecule has 32 heavy (non-hydrogen) atoms. The standard InChI is InChI=1S/C22H26N5O4P/c1-31-20-15(3-2-4-17(20)32(30,13-7-8-13)14-9-10-14)25-18-16(26-22(29)12-5-6-12)11-24-27-19(18)21(23)28/h2-4,11-14H,5-10H2,1H3,(H2,23,28)(H,24,25)(H,26,27,29). The number of hydrogen-bond acceptors (Lipinski definition) is 7. The number of benzene rings is 1. The van der Waals surface area contributed by atoms with Crippen LogP contribution in [0.2, 0.25) is 0 Å². The summed E-state index contributed by atoms with van der Waals surface area (Å²) in [5, 5.41) is 14.4. The molecule has 0 unspecified atom stereocenters. The van der Waals surface area contributed by atoms with Crippen LogP contribution in [0.5, 0.6) is 5.75 Å². The highest BCUT2D eigenvalue weighted by Crippen LogP contribution is 2.70. The van der Waals surface area contributed by atoms with Crippen LogP contribution in [-0.2, 0) is 9.36 Å². The van der Waals surface area contributed by atoms with Crippen LogP contribution in [0, 0.1) is 5.92 Å². The molecule has 2 amide bonds. The SMILES string of the molecule is COc1c(Nc2c(NC(=O)C3CC3)cnnc2C(N)=O)cccc1P(=O)(C1CC1)C1CC1. The summed E-state index contributed by atoms with van der Waals surface area (Å²) >= 11 is 0. The molecule has 0 saturated heterocycles. The minimum absolute atomic E-state index is 0.0335. The summed E-state index contributed by atoms with van der Waals surface area (Å²) in [6.45, 7) is 0. The van der Waals surface area contributed by atoms with Crippen LogP contribution >= 0.6 is 7.14 Å². The van der Waals surface area contributed by atoms with E-state index in [2.05, 4.69) is 20.8 Å². The van der Waals surface area contributed by atoms with Crippen molar-refractivity contribution in [3.05, 3.63) is 30.1 Å². The van der Waals surface area contributed by atoms with Crippen molar-refractivity contribution in [1.29, 1.82) is 0 Å². The van der Waals surface area contributed by atoms with Gasteiger partial charge < -0.3 is 25.7 Å². The zero-order chi connectivity index (χ0) is 22.5. The van der Waals surface area contributed by atoms with Crippen molar-refractivity contribution in [1.82, 2.24) is 10.2 Å². The van der Waals surface area contributed by atoms with Gasteiger partial charge in [0.05, 0.1) is 35.7 Å². The molecule has 0 bridgehead atoms. The third-order valence-electron chi connectivity index (χ3n) is 6.30. The summed E-state index contributed by atoms with van der Waals surface area (Å²) in [6, 6.07) is 5.50. The molecule has 168 valence electrons. The molecule has 2 aromatic rings. The van der Waals surface area contributed by atoms with Gasteiger partial charge in [0.15, 0.2) is 11.4 Å². The van der Waals surface area contributed by atoms with Crippen LogP contribution in [0.1, 0.15) is 49.0 Å². The Balaban J connectivity index is 1.56. The largest absolute Gasteiger partial charge is 0.494 e. The number of anilines is 3. The monoisotopic (exact) mass is 455 g/mol. The maximum atomic E-state index is 14.1. The Morgan fingerprint density at radius 3 is 2.34 bits per heavy atom.